The van der Waals surface area contributed by atoms with Gasteiger partial charge in [0, 0.05) is 37.1 Å². The van der Waals surface area contributed by atoms with Crippen LogP contribution in [-0.2, 0) is 14.4 Å². The van der Waals surface area contributed by atoms with E-state index in [4.69, 9.17) is 0 Å². The van der Waals surface area contributed by atoms with Crippen molar-refractivity contribution in [2.45, 2.75) is 40.0 Å². The van der Waals surface area contributed by atoms with E-state index < -0.39 is 0 Å². The Balaban J connectivity index is 3.03. The molecule has 0 bridgehead atoms. The molecule has 7 heteroatoms. The second kappa shape index (κ2) is 7.98. The van der Waals surface area contributed by atoms with Crippen LogP contribution in [-0.4, -0.2) is 22.7 Å². The van der Waals surface area contributed by atoms with Gasteiger partial charge in [0.2, 0.25) is 17.7 Å². The van der Waals surface area contributed by atoms with Gasteiger partial charge in [-0.15, -0.1) is 0 Å². The smallest absolute Gasteiger partial charge is 0.225 e. The van der Waals surface area contributed by atoms with Crippen molar-refractivity contribution in [3.8, 4) is 0 Å². The van der Waals surface area contributed by atoms with Gasteiger partial charge in [-0.25, -0.2) is 4.98 Å². The first-order valence-electron chi connectivity index (χ1n) is 6.90. The summed E-state index contributed by atoms with van der Waals surface area (Å²) in [5.41, 5.74) is 0.467. The summed E-state index contributed by atoms with van der Waals surface area (Å²) in [4.78, 5) is 38.5. The molecule has 0 fully saturated rings. The van der Waals surface area contributed by atoms with E-state index in [0.717, 1.165) is 0 Å². The SMILES string of the molecule is CCC(=O)Nc1cc(NC(=O)CC)nc(NC(=O)CC)c1. The largest absolute Gasteiger partial charge is 0.326 e. The highest BCUT2D eigenvalue weighted by Crippen LogP contribution is 2.19. The van der Waals surface area contributed by atoms with Crippen molar-refractivity contribution in [2.24, 2.45) is 0 Å². The molecule has 1 rings (SSSR count). The van der Waals surface area contributed by atoms with E-state index in [9.17, 15) is 14.4 Å². The average molecular weight is 292 g/mol. The molecule has 1 aromatic rings. The normalized spacial score (nSPS) is 9.86. The van der Waals surface area contributed by atoms with Gasteiger partial charge in [0.1, 0.15) is 11.6 Å². The number of rotatable bonds is 6. The Bertz CT molecular complexity index is 455. The second-order valence-electron chi connectivity index (χ2n) is 4.33. The quantitative estimate of drug-likeness (QED) is 0.747. The summed E-state index contributed by atoms with van der Waals surface area (Å²) in [7, 11) is 0. The summed E-state index contributed by atoms with van der Waals surface area (Å²) in [5, 5.41) is 7.88. The molecule has 0 saturated carbocycles. The standard InChI is InChI=1S/C14H20N4O3/c1-4-12(19)15-9-7-10(17-13(20)5-2)16-11(8-9)18-14(21)6-3/h7-8H,4-6H2,1-3H3,(H3,15,16,17,18,19,20,21). The van der Waals surface area contributed by atoms with Gasteiger partial charge >= 0.3 is 0 Å². The van der Waals surface area contributed by atoms with Crippen molar-refractivity contribution in [3.63, 3.8) is 0 Å². The van der Waals surface area contributed by atoms with Crippen LogP contribution in [0.25, 0.3) is 0 Å². The fraction of sp³-hybridized carbons (Fsp3) is 0.429. The number of nitrogens with zero attached hydrogens (tertiary/aromatic N) is 1. The van der Waals surface area contributed by atoms with Crippen LogP contribution in [0, 0.1) is 0 Å². The van der Waals surface area contributed by atoms with Crippen molar-refractivity contribution in [1.82, 2.24) is 4.98 Å². The first-order chi connectivity index (χ1) is 9.98. The fourth-order valence-electron chi connectivity index (χ4n) is 1.44. The third-order valence-corrected chi connectivity index (χ3v) is 2.61. The molecule has 7 nitrogen and oxygen atoms in total. The molecule has 0 unspecified atom stereocenters. The summed E-state index contributed by atoms with van der Waals surface area (Å²) in [6.07, 6.45) is 0.948. The molecule has 0 spiro atoms. The number of carbonyl (C=O) groups excluding carboxylic acids is 3. The van der Waals surface area contributed by atoms with E-state index >= 15 is 0 Å². The molecule has 114 valence electrons. The maximum absolute atomic E-state index is 11.5. The molecular weight excluding hydrogens is 272 g/mol. The monoisotopic (exact) mass is 292 g/mol. The third-order valence-electron chi connectivity index (χ3n) is 2.61. The molecule has 0 radical (unpaired) electrons. The Morgan fingerprint density at radius 1 is 0.810 bits per heavy atom. The molecule has 0 atom stereocenters. The van der Waals surface area contributed by atoms with Crippen LogP contribution in [0.15, 0.2) is 12.1 Å². The number of hydrogen-bond acceptors (Lipinski definition) is 4. The lowest BCUT2D eigenvalue weighted by Gasteiger charge is -2.11. The fourth-order valence-corrected chi connectivity index (χ4v) is 1.44. The number of hydrogen-bond donors (Lipinski definition) is 3. The lowest BCUT2D eigenvalue weighted by atomic mass is 10.3. The summed E-state index contributed by atoms with van der Waals surface area (Å²) in [5.74, 6) is -0.00507. The Labute approximate surface area is 123 Å². The summed E-state index contributed by atoms with van der Waals surface area (Å²) < 4.78 is 0. The van der Waals surface area contributed by atoms with Gasteiger partial charge in [0.25, 0.3) is 0 Å². The maximum atomic E-state index is 11.5. The van der Waals surface area contributed by atoms with Gasteiger partial charge in [-0.05, 0) is 0 Å². The lowest BCUT2D eigenvalue weighted by Crippen LogP contribution is -2.16. The number of anilines is 3. The number of carbonyl (C=O) groups is 3. The molecule has 3 amide bonds. The van der Waals surface area contributed by atoms with Crippen molar-refractivity contribution in [1.29, 1.82) is 0 Å². The minimum Gasteiger partial charge on any atom is -0.326 e. The van der Waals surface area contributed by atoms with Crippen LogP contribution in [0.3, 0.4) is 0 Å². The molecule has 0 aromatic carbocycles. The minimum absolute atomic E-state index is 0.165. The molecule has 1 heterocycles. The number of amides is 3. The highest BCUT2D eigenvalue weighted by molar-refractivity contribution is 5.95. The Kier molecular flexibility index (Phi) is 6.32. The van der Waals surface area contributed by atoms with Crippen molar-refractivity contribution in [2.75, 3.05) is 16.0 Å². The zero-order valence-corrected chi connectivity index (χ0v) is 12.4. The number of pyridine rings is 1. The van der Waals surface area contributed by atoms with E-state index in [0.29, 0.717) is 24.9 Å². The Hall–Kier alpha value is -2.44. The predicted octanol–water partition coefficient (Wildman–Crippen LogP) is 2.13. The average Bonchev–Trinajstić information content (AvgIpc) is 2.46. The van der Waals surface area contributed by atoms with E-state index in [1.165, 1.54) is 0 Å². The van der Waals surface area contributed by atoms with Crippen molar-refractivity contribution < 1.29 is 14.4 Å². The summed E-state index contributed by atoms with van der Waals surface area (Å²) in [6, 6.07) is 3.09. The first kappa shape index (κ1) is 16.6. The van der Waals surface area contributed by atoms with Gasteiger partial charge in [-0.1, -0.05) is 20.8 Å². The van der Waals surface area contributed by atoms with Crippen LogP contribution >= 0.6 is 0 Å². The third kappa shape index (κ3) is 5.60. The molecule has 0 aliphatic rings. The lowest BCUT2D eigenvalue weighted by molar-refractivity contribution is -0.116. The molecule has 0 aliphatic heterocycles. The van der Waals surface area contributed by atoms with Crippen molar-refractivity contribution >= 4 is 35.0 Å². The van der Waals surface area contributed by atoms with Gasteiger partial charge in [-0.2, -0.15) is 0 Å². The van der Waals surface area contributed by atoms with E-state index in [2.05, 4.69) is 20.9 Å². The van der Waals surface area contributed by atoms with Gasteiger partial charge in [0.05, 0.1) is 0 Å². The molecule has 21 heavy (non-hydrogen) atoms. The van der Waals surface area contributed by atoms with Gasteiger partial charge in [-0.3, -0.25) is 14.4 Å². The van der Waals surface area contributed by atoms with Crippen LogP contribution < -0.4 is 16.0 Å². The van der Waals surface area contributed by atoms with Crippen LogP contribution in [0.2, 0.25) is 0 Å². The Morgan fingerprint density at radius 3 is 1.57 bits per heavy atom. The second-order valence-corrected chi connectivity index (χ2v) is 4.33. The summed E-state index contributed by atoms with van der Waals surface area (Å²) in [6.45, 7) is 5.17. The van der Waals surface area contributed by atoms with Crippen LogP contribution in [0.4, 0.5) is 17.3 Å². The van der Waals surface area contributed by atoms with Crippen LogP contribution in [0.5, 0.6) is 0 Å². The van der Waals surface area contributed by atoms with Gasteiger partial charge < -0.3 is 16.0 Å². The highest BCUT2D eigenvalue weighted by Gasteiger charge is 2.09. The highest BCUT2D eigenvalue weighted by atomic mass is 16.2. The maximum Gasteiger partial charge on any atom is 0.225 e. The Morgan fingerprint density at radius 2 is 1.19 bits per heavy atom. The molecule has 0 aliphatic carbocycles. The molecule has 3 N–H and O–H groups in total. The number of aromatic nitrogens is 1. The van der Waals surface area contributed by atoms with E-state index in [-0.39, 0.29) is 29.4 Å². The zero-order valence-electron chi connectivity index (χ0n) is 12.4. The minimum atomic E-state index is -0.200. The first-order valence-corrected chi connectivity index (χ1v) is 6.90. The molecular formula is C14H20N4O3. The predicted molar refractivity (Wildman–Crippen MR) is 81.0 cm³/mol. The van der Waals surface area contributed by atoms with Gasteiger partial charge in [0.15, 0.2) is 0 Å². The zero-order chi connectivity index (χ0) is 15.8. The van der Waals surface area contributed by atoms with E-state index in [1.54, 1.807) is 32.9 Å². The summed E-state index contributed by atoms with van der Waals surface area (Å²) >= 11 is 0. The van der Waals surface area contributed by atoms with Crippen molar-refractivity contribution in [3.05, 3.63) is 12.1 Å². The van der Waals surface area contributed by atoms with Crippen LogP contribution in [0.1, 0.15) is 40.0 Å². The topological polar surface area (TPSA) is 100 Å². The molecule has 0 saturated heterocycles. The number of nitrogens with one attached hydrogen (secondary N) is 3. The van der Waals surface area contributed by atoms with E-state index in [1.807, 2.05) is 0 Å². The molecule has 1 aromatic heterocycles.